The van der Waals surface area contributed by atoms with E-state index in [1.807, 2.05) is 0 Å². The van der Waals surface area contributed by atoms with Gasteiger partial charge in [0.15, 0.2) is 0 Å². The number of alkyl halides is 1. The smallest absolute Gasteiger partial charge is 0.254 e. The number of benzene rings is 1. The van der Waals surface area contributed by atoms with Crippen molar-refractivity contribution in [2.24, 2.45) is 5.92 Å². The predicted molar refractivity (Wildman–Crippen MR) is 148 cm³/mol. The summed E-state index contributed by atoms with van der Waals surface area (Å²) >= 11 is 7.69. The van der Waals surface area contributed by atoms with E-state index in [2.05, 4.69) is 10.2 Å². The summed E-state index contributed by atoms with van der Waals surface area (Å²) in [5, 5.41) is 13.9. The molecule has 3 aliphatic heterocycles. The Morgan fingerprint density at radius 2 is 1.54 bits per heavy atom. The number of rotatable bonds is 4. The van der Waals surface area contributed by atoms with Crippen molar-refractivity contribution in [3.05, 3.63) is 35.1 Å². The minimum absolute atomic E-state index is 0.153. The number of fused-ring (bicyclic) bond motifs is 1. The van der Waals surface area contributed by atoms with Crippen LogP contribution >= 0.6 is 11.6 Å². The molecule has 2 aliphatic carbocycles. The zero-order chi connectivity index (χ0) is 27.2. The van der Waals surface area contributed by atoms with Crippen molar-refractivity contribution < 1.29 is 19.1 Å². The topological polar surface area (TPSA) is 76.1 Å². The first-order valence-corrected chi connectivity index (χ1v) is 15.5. The second kappa shape index (κ2) is 10.9. The van der Waals surface area contributed by atoms with Gasteiger partial charge in [0.2, 0.25) is 0 Å². The predicted octanol–water partition coefficient (Wildman–Crippen LogP) is 4.39. The fraction of sp³-hybridized carbons (Fsp3) is 0.733. The van der Waals surface area contributed by atoms with Crippen molar-refractivity contribution in [1.29, 1.82) is 0 Å². The van der Waals surface area contributed by atoms with Gasteiger partial charge in [-0.05, 0) is 63.0 Å². The third-order valence-corrected chi connectivity index (χ3v) is 10.7. The second-order valence-corrected chi connectivity index (χ2v) is 13.0. The molecule has 2 saturated carbocycles. The van der Waals surface area contributed by atoms with E-state index >= 15 is 4.39 Å². The fourth-order valence-electron chi connectivity index (χ4n) is 7.45. The molecule has 0 aromatic heterocycles. The summed E-state index contributed by atoms with van der Waals surface area (Å²) in [4.78, 5) is 30.8. The molecule has 0 bridgehead atoms. The van der Waals surface area contributed by atoms with Crippen LogP contribution in [0.4, 0.5) is 4.39 Å². The first kappa shape index (κ1) is 27.4. The van der Waals surface area contributed by atoms with Crippen LogP contribution in [0, 0.1) is 11.7 Å². The van der Waals surface area contributed by atoms with E-state index in [4.69, 9.17) is 11.6 Å². The van der Waals surface area contributed by atoms with Gasteiger partial charge in [0.1, 0.15) is 16.4 Å². The molecule has 3 saturated heterocycles. The third-order valence-electron chi connectivity index (χ3n) is 9.92. The average Bonchev–Trinajstić information content (AvgIpc) is 3.61. The van der Waals surface area contributed by atoms with Crippen LogP contribution in [-0.2, 0) is 4.79 Å². The van der Waals surface area contributed by atoms with Crippen molar-refractivity contribution in [2.75, 3.05) is 32.7 Å². The van der Waals surface area contributed by atoms with Gasteiger partial charge in [-0.1, -0.05) is 49.8 Å². The van der Waals surface area contributed by atoms with Gasteiger partial charge < -0.3 is 14.9 Å². The van der Waals surface area contributed by atoms with Crippen molar-refractivity contribution in [2.45, 2.75) is 99.9 Å². The number of carbonyl (C=O) groups is 2. The Morgan fingerprint density at radius 1 is 0.897 bits per heavy atom. The van der Waals surface area contributed by atoms with Gasteiger partial charge in [0.25, 0.3) is 11.8 Å². The highest BCUT2D eigenvalue weighted by molar-refractivity contribution is 6.24. The van der Waals surface area contributed by atoms with E-state index < -0.39 is 10.6 Å². The molecule has 0 spiro atoms. The molecule has 0 radical (unpaired) electrons. The molecule has 9 heteroatoms. The standard InChI is InChI=1S/C30H42ClFN4O3/c31-30(22-8-4-2-1-3-5-9-22)26(33-25-10-6-7-15-36(25)30)23-12-11-21(20-24(23)32)27(37)34-16-18-35(19-17-34)28(38)29(39)13-14-29/h11-12,20,22,25-26,33,39H,1-10,13-19H2. The number of carbonyl (C=O) groups excluding carboxylic acids is 2. The lowest BCUT2D eigenvalue weighted by molar-refractivity contribution is -0.143. The SMILES string of the molecule is O=C(c1ccc(C2NC3CCCCN3C2(Cl)C2CCCCCCC2)c(F)c1)N1CCN(C(=O)C2(O)CC2)CC1. The van der Waals surface area contributed by atoms with Crippen LogP contribution < -0.4 is 5.32 Å². The van der Waals surface area contributed by atoms with Crippen molar-refractivity contribution >= 4 is 23.4 Å². The molecule has 3 atom stereocenters. The zero-order valence-corrected chi connectivity index (χ0v) is 23.6. The molecule has 39 heavy (non-hydrogen) atoms. The van der Waals surface area contributed by atoms with Gasteiger partial charge in [-0.25, -0.2) is 4.39 Å². The number of piperazine rings is 1. The van der Waals surface area contributed by atoms with E-state index in [1.54, 1.807) is 21.9 Å². The molecule has 214 valence electrons. The van der Waals surface area contributed by atoms with Gasteiger partial charge in [-0.2, -0.15) is 0 Å². The molecule has 3 heterocycles. The van der Waals surface area contributed by atoms with Crippen LogP contribution in [0.3, 0.4) is 0 Å². The maximum atomic E-state index is 15.9. The van der Waals surface area contributed by atoms with Gasteiger partial charge in [-0.15, -0.1) is 0 Å². The van der Waals surface area contributed by atoms with E-state index in [0.29, 0.717) is 50.1 Å². The van der Waals surface area contributed by atoms with Crippen molar-refractivity contribution in [3.63, 3.8) is 0 Å². The van der Waals surface area contributed by atoms with Gasteiger partial charge >= 0.3 is 0 Å². The Kier molecular flexibility index (Phi) is 7.68. The van der Waals surface area contributed by atoms with Gasteiger partial charge in [0.05, 0.1) is 12.2 Å². The first-order valence-electron chi connectivity index (χ1n) is 15.1. The summed E-state index contributed by atoms with van der Waals surface area (Å²) in [6.07, 6.45) is 12.7. The highest BCUT2D eigenvalue weighted by Crippen LogP contribution is 2.52. The van der Waals surface area contributed by atoms with Crippen LogP contribution in [0.25, 0.3) is 0 Å². The van der Waals surface area contributed by atoms with Crippen molar-refractivity contribution in [1.82, 2.24) is 20.0 Å². The van der Waals surface area contributed by atoms with E-state index in [9.17, 15) is 14.7 Å². The lowest BCUT2D eigenvalue weighted by Gasteiger charge is -2.45. The minimum Gasteiger partial charge on any atom is -0.380 e. The number of nitrogens with one attached hydrogen (secondary N) is 1. The molecular weight excluding hydrogens is 519 g/mol. The molecule has 5 aliphatic rings. The molecule has 3 unspecified atom stereocenters. The molecule has 6 rings (SSSR count). The Hall–Kier alpha value is -1.74. The lowest BCUT2D eigenvalue weighted by atomic mass is 9.80. The van der Waals surface area contributed by atoms with Crippen LogP contribution in [0.15, 0.2) is 18.2 Å². The number of amides is 2. The van der Waals surface area contributed by atoms with E-state index in [0.717, 1.165) is 38.6 Å². The maximum Gasteiger partial charge on any atom is 0.254 e. The summed E-state index contributed by atoms with van der Waals surface area (Å²) in [5.74, 6) is -0.571. The lowest BCUT2D eigenvalue weighted by Crippen LogP contribution is -2.53. The zero-order valence-electron chi connectivity index (χ0n) is 22.8. The summed E-state index contributed by atoms with van der Waals surface area (Å²) in [6.45, 7) is 2.44. The quantitative estimate of drug-likeness (QED) is 0.422. The maximum absolute atomic E-state index is 15.9. The molecule has 2 amide bonds. The number of halogens is 2. The van der Waals surface area contributed by atoms with Crippen LogP contribution in [0.1, 0.15) is 99.0 Å². The molecule has 7 nitrogen and oxygen atoms in total. The summed E-state index contributed by atoms with van der Waals surface area (Å²) in [6, 6.07) is 4.54. The fourth-order valence-corrected chi connectivity index (χ4v) is 8.05. The summed E-state index contributed by atoms with van der Waals surface area (Å²) < 4.78 is 15.9. The minimum atomic E-state index is -1.19. The van der Waals surface area contributed by atoms with Gasteiger partial charge in [0, 0.05) is 43.9 Å². The van der Waals surface area contributed by atoms with E-state index in [-0.39, 0.29) is 35.8 Å². The molecule has 2 N–H and O–H groups in total. The summed E-state index contributed by atoms with van der Waals surface area (Å²) in [7, 11) is 0. The monoisotopic (exact) mass is 560 g/mol. The van der Waals surface area contributed by atoms with Crippen LogP contribution in [0.2, 0.25) is 0 Å². The van der Waals surface area contributed by atoms with Crippen molar-refractivity contribution in [3.8, 4) is 0 Å². The molecule has 1 aromatic carbocycles. The third kappa shape index (κ3) is 5.11. The number of piperidine rings is 1. The van der Waals surface area contributed by atoms with Gasteiger partial charge in [-0.3, -0.25) is 19.8 Å². The Morgan fingerprint density at radius 3 is 2.21 bits per heavy atom. The number of nitrogens with zero attached hydrogens (tertiary/aromatic N) is 3. The average molecular weight is 561 g/mol. The van der Waals surface area contributed by atoms with Crippen LogP contribution in [0.5, 0.6) is 0 Å². The number of aliphatic hydroxyl groups is 1. The Bertz CT molecular complexity index is 1080. The van der Waals surface area contributed by atoms with E-state index in [1.165, 1.54) is 38.2 Å². The normalized spacial score (nSPS) is 31.9. The largest absolute Gasteiger partial charge is 0.380 e. The number of hydrogen-bond acceptors (Lipinski definition) is 5. The molecule has 1 aromatic rings. The molecular formula is C30H42ClFN4O3. The second-order valence-electron chi connectivity index (χ2n) is 12.4. The first-order chi connectivity index (χ1) is 18.8. The Balaban J connectivity index is 1.20. The highest BCUT2D eigenvalue weighted by atomic mass is 35.5. The molecule has 5 fully saturated rings. The number of hydrogen-bond donors (Lipinski definition) is 2. The highest BCUT2D eigenvalue weighted by Gasteiger charge is 2.57. The Labute approximate surface area is 236 Å². The van der Waals surface area contributed by atoms with Crippen LogP contribution in [-0.4, -0.2) is 81.1 Å². The summed E-state index contributed by atoms with van der Waals surface area (Å²) in [5.41, 5.74) is -0.328.